The fraction of sp³-hybridized carbons (Fsp3) is 0.667. The molecule has 19 heavy (non-hydrogen) atoms. The van der Waals surface area contributed by atoms with Crippen molar-refractivity contribution in [3.63, 3.8) is 0 Å². The number of nitrogens with zero attached hydrogens (tertiary/aromatic N) is 1. The van der Waals surface area contributed by atoms with Gasteiger partial charge in [-0.2, -0.15) is 0 Å². The number of likely N-dealkylation sites (tertiary alicyclic amines) is 1. The summed E-state index contributed by atoms with van der Waals surface area (Å²) in [5.74, 6) is 1.79. The lowest BCUT2D eigenvalue weighted by atomic mass is 9.90. The van der Waals surface area contributed by atoms with E-state index in [1.54, 1.807) is 0 Å². The highest BCUT2D eigenvalue weighted by Crippen LogP contribution is 2.23. The Labute approximate surface area is 119 Å². The Morgan fingerprint density at radius 1 is 1.11 bits per heavy atom. The molecule has 1 aromatic carbocycles. The highest BCUT2D eigenvalue weighted by Gasteiger charge is 2.19. The molecule has 1 nitrogen and oxygen atoms in total. The summed E-state index contributed by atoms with van der Waals surface area (Å²) in [5, 5.41) is 0. The number of benzene rings is 1. The topological polar surface area (TPSA) is 3.24 Å². The molecular weight excluding hydrogens is 230 g/mol. The van der Waals surface area contributed by atoms with E-state index < -0.39 is 0 Å². The van der Waals surface area contributed by atoms with Gasteiger partial charge in [-0.05, 0) is 56.2 Å². The number of hydrogen-bond acceptors (Lipinski definition) is 1. The Balaban J connectivity index is 1.61. The van der Waals surface area contributed by atoms with Gasteiger partial charge in [-0.25, -0.2) is 0 Å². The highest BCUT2D eigenvalue weighted by molar-refractivity contribution is 5.14. The molecule has 1 aliphatic heterocycles. The number of hydrogen-bond donors (Lipinski definition) is 0. The van der Waals surface area contributed by atoms with Gasteiger partial charge in [-0.3, -0.25) is 0 Å². The molecule has 1 heteroatoms. The summed E-state index contributed by atoms with van der Waals surface area (Å²) in [6.07, 6.45) is 6.87. The van der Waals surface area contributed by atoms with Gasteiger partial charge in [0.2, 0.25) is 0 Å². The van der Waals surface area contributed by atoms with E-state index in [9.17, 15) is 0 Å². The van der Waals surface area contributed by atoms with Gasteiger partial charge >= 0.3 is 0 Å². The molecule has 1 aliphatic rings. The summed E-state index contributed by atoms with van der Waals surface area (Å²) in [7, 11) is 0. The van der Waals surface area contributed by atoms with E-state index in [2.05, 4.69) is 49.1 Å². The van der Waals surface area contributed by atoms with Crippen molar-refractivity contribution in [1.29, 1.82) is 0 Å². The SMILES string of the molecule is CC(C)CN1CCC(CCCc2ccccc2)CC1. The van der Waals surface area contributed by atoms with Gasteiger partial charge in [-0.15, -0.1) is 0 Å². The maximum absolute atomic E-state index is 2.65. The molecule has 1 aromatic rings. The lowest BCUT2D eigenvalue weighted by molar-refractivity contribution is 0.162. The molecule has 0 aliphatic carbocycles. The smallest absolute Gasteiger partial charge is 0.000439 e. The molecule has 0 unspecified atom stereocenters. The minimum absolute atomic E-state index is 0.814. The van der Waals surface area contributed by atoms with Crippen LogP contribution in [0.4, 0.5) is 0 Å². The van der Waals surface area contributed by atoms with Gasteiger partial charge in [-0.1, -0.05) is 50.6 Å². The molecule has 106 valence electrons. The van der Waals surface area contributed by atoms with Gasteiger partial charge in [0.05, 0.1) is 0 Å². The first kappa shape index (κ1) is 14.6. The van der Waals surface area contributed by atoms with E-state index in [4.69, 9.17) is 0 Å². The summed E-state index contributed by atoms with van der Waals surface area (Å²) < 4.78 is 0. The van der Waals surface area contributed by atoms with Crippen LogP contribution >= 0.6 is 0 Å². The van der Waals surface area contributed by atoms with Crippen molar-refractivity contribution in [2.45, 2.75) is 46.0 Å². The number of piperidine rings is 1. The molecule has 0 atom stereocenters. The Morgan fingerprint density at radius 3 is 2.42 bits per heavy atom. The first-order valence-electron chi connectivity index (χ1n) is 8.00. The third kappa shape index (κ3) is 5.36. The van der Waals surface area contributed by atoms with Gasteiger partial charge in [0.1, 0.15) is 0 Å². The molecule has 1 fully saturated rings. The molecule has 0 amide bonds. The number of rotatable bonds is 6. The van der Waals surface area contributed by atoms with Crippen LogP contribution in [0.15, 0.2) is 30.3 Å². The molecule has 2 rings (SSSR count). The van der Waals surface area contributed by atoms with Gasteiger partial charge < -0.3 is 4.90 Å². The van der Waals surface area contributed by atoms with E-state index in [1.807, 2.05) is 0 Å². The van der Waals surface area contributed by atoms with Crippen LogP contribution in [0.3, 0.4) is 0 Å². The van der Waals surface area contributed by atoms with E-state index >= 15 is 0 Å². The van der Waals surface area contributed by atoms with Crippen molar-refractivity contribution in [2.75, 3.05) is 19.6 Å². The number of aryl methyl sites for hydroxylation is 1. The highest BCUT2D eigenvalue weighted by atomic mass is 15.1. The van der Waals surface area contributed by atoms with Crippen LogP contribution in [0.25, 0.3) is 0 Å². The van der Waals surface area contributed by atoms with Gasteiger partial charge in [0, 0.05) is 6.54 Å². The molecule has 0 saturated carbocycles. The van der Waals surface area contributed by atoms with Crippen LogP contribution in [0.5, 0.6) is 0 Å². The zero-order valence-corrected chi connectivity index (χ0v) is 12.6. The van der Waals surface area contributed by atoms with Crippen molar-refractivity contribution in [3.8, 4) is 0 Å². The lowest BCUT2D eigenvalue weighted by Gasteiger charge is -2.33. The molecular formula is C18H29N. The molecule has 1 heterocycles. The van der Waals surface area contributed by atoms with E-state index in [-0.39, 0.29) is 0 Å². The minimum Gasteiger partial charge on any atom is -0.303 e. The predicted molar refractivity (Wildman–Crippen MR) is 83.4 cm³/mol. The van der Waals surface area contributed by atoms with E-state index in [0.717, 1.165) is 11.8 Å². The minimum atomic E-state index is 0.814. The molecule has 0 aromatic heterocycles. The van der Waals surface area contributed by atoms with Gasteiger partial charge in [0.25, 0.3) is 0 Å². The van der Waals surface area contributed by atoms with E-state index in [1.165, 1.54) is 57.3 Å². The largest absolute Gasteiger partial charge is 0.303 e. The average Bonchev–Trinajstić information content (AvgIpc) is 2.41. The second-order valence-electron chi connectivity index (χ2n) is 6.52. The van der Waals surface area contributed by atoms with E-state index in [0.29, 0.717) is 0 Å². The van der Waals surface area contributed by atoms with Crippen LogP contribution in [-0.4, -0.2) is 24.5 Å². The molecule has 0 radical (unpaired) electrons. The quantitative estimate of drug-likeness (QED) is 0.733. The van der Waals surface area contributed by atoms with Crippen molar-refractivity contribution < 1.29 is 0 Å². The molecule has 1 saturated heterocycles. The Bertz CT molecular complexity index is 336. The Kier molecular flexibility index (Phi) is 5.91. The third-order valence-electron chi connectivity index (χ3n) is 4.25. The Hall–Kier alpha value is -0.820. The summed E-state index contributed by atoms with van der Waals surface area (Å²) in [5.41, 5.74) is 1.50. The van der Waals surface area contributed by atoms with Crippen LogP contribution < -0.4 is 0 Å². The second kappa shape index (κ2) is 7.69. The normalized spacial score (nSPS) is 18.1. The monoisotopic (exact) mass is 259 g/mol. The van der Waals surface area contributed by atoms with Crippen LogP contribution in [0.1, 0.15) is 45.1 Å². The van der Waals surface area contributed by atoms with Crippen molar-refractivity contribution in [3.05, 3.63) is 35.9 Å². The van der Waals surface area contributed by atoms with Gasteiger partial charge in [0.15, 0.2) is 0 Å². The molecule has 0 bridgehead atoms. The summed E-state index contributed by atoms with van der Waals surface area (Å²) in [6.45, 7) is 8.59. The fourth-order valence-electron chi connectivity index (χ4n) is 3.21. The van der Waals surface area contributed by atoms with Crippen LogP contribution in [0, 0.1) is 11.8 Å². The summed E-state index contributed by atoms with van der Waals surface area (Å²) >= 11 is 0. The first-order valence-corrected chi connectivity index (χ1v) is 8.00. The third-order valence-corrected chi connectivity index (χ3v) is 4.25. The zero-order valence-electron chi connectivity index (χ0n) is 12.6. The maximum Gasteiger partial charge on any atom is 0.000439 e. The summed E-state index contributed by atoms with van der Waals surface area (Å²) in [4.78, 5) is 2.65. The maximum atomic E-state index is 2.65. The van der Waals surface area contributed by atoms with Crippen LogP contribution in [0.2, 0.25) is 0 Å². The van der Waals surface area contributed by atoms with Crippen molar-refractivity contribution in [1.82, 2.24) is 4.90 Å². The lowest BCUT2D eigenvalue weighted by Crippen LogP contribution is -2.36. The average molecular weight is 259 g/mol. The summed E-state index contributed by atoms with van der Waals surface area (Å²) in [6, 6.07) is 10.9. The predicted octanol–water partition coefficient (Wildman–Crippen LogP) is 4.38. The standard InChI is InChI=1S/C18H29N/c1-16(2)15-19-13-11-18(12-14-19)10-6-9-17-7-4-3-5-8-17/h3-5,7-8,16,18H,6,9-15H2,1-2H3. The first-order chi connectivity index (χ1) is 9.24. The zero-order chi connectivity index (χ0) is 13.5. The molecule has 0 N–H and O–H groups in total. The van der Waals surface area contributed by atoms with Crippen molar-refractivity contribution in [2.24, 2.45) is 11.8 Å². The Morgan fingerprint density at radius 2 is 1.79 bits per heavy atom. The van der Waals surface area contributed by atoms with Crippen LogP contribution in [-0.2, 0) is 6.42 Å². The second-order valence-corrected chi connectivity index (χ2v) is 6.52. The fourth-order valence-corrected chi connectivity index (χ4v) is 3.21. The molecule has 0 spiro atoms. The van der Waals surface area contributed by atoms with Crippen molar-refractivity contribution >= 4 is 0 Å².